The van der Waals surface area contributed by atoms with E-state index in [0.29, 0.717) is 5.02 Å². The molecule has 2 rings (SSSR count). The van der Waals surface area contributed by atoms with E-state index in [2.05, 4.69) is 15.0 Å². The normalized spacial score (nSPS) is 10.5. The summed E-state index contributed by atoms with van der Waals surface area (Å²) < 4.78 is 0. The number of halogens is 1. The third-order valence-corrected chi connectivity index (χ3v) is 3.41. The molecular formula is C12H12ClN3S. The molecule has 0 atom stereocenters. The molecule has 0 fully saturated rings. The Morgan fingerprint density at radius 2 is 1.94 bits per heavy atom. The summed E-state index contributed by atoms with van der Waals surface area (Å²) in [6, 6.07) is 3.88. The standard InChI is InChI=1S/C12H12ClN3S/c1-8-5-9(2)16-12(15-8)17-7-10-3-4-14-6-11(10)13/h3-6H,7H2,1-2H3. The maximum absolute atomic E-state index is 6.04. The quantitative estimate of drug-likeness (QED) is 0.630. The zero-order valence-electron chi connectivity index (χ0n) is 9.64. The van der Waals surface area contributed by atoms with Gasteiger partial charge in [0.15, 0.2) is 5.16 Å². The Hall–Kier alpha value is -1.13. The molecule has 0 amide bonds. The van der Waals surface area contributed by atoms with Crippen molar-refractivity contribution < 1.29 is 0 Å². The average molecular weight is 266 g/mol. The molecule has 2 heterocycles. The van der Waals surface area contributed by atoms with Crippen molar-refractivity contribution in [2.45, 2.75) is 24.8 Å². The maximum Gasteiger partial charge on any atom is 0.188 e. The molecule has 0 N–H and O–H groups in total. The van der Waals surface area contributed by atoms with E-state index in [0.717, 1.165) is 27.9 Å². The van der Waals surface area contributed by atoms with Crippen LogP contribution in [0.15, 0.2) is 29.7 Å². The van der Waals surface area contributed by atoms with E-state index in [4.69, 9.17) is 11.6 Å². The van der Waals surface area contributed by atoms with E-state index in [1.807, 2.05) is 26.0 Å². The molecule has 17 heavy (non-hydrogen) atoms. The Morgan fingerprint density at radius 3 is 2.59 bits per heavy atom. The lowest BCUT2D eigenvalue weighted by molar-refractivity contribution is 0.902. The number of aromatic nitrogens is 3. The van der Waals surface area contributed by atoms with E-state index in [9.17, 15) is 0 Å². The van der Waals surface area contributed by atoms with E-state index in [1.54, 1.807) is 24.2 Å². The Balaban J connectivity index is 2.10. The van der Waals surface area contributed by atoms with Crippen molar-refractivity contribution in [2.24, 2.45) is 0 Å². The molecule has 0 aliphatic heterocycles. The summed E-state index contributed by atoms with van der Waals surface area (Å²) in [4.78, 5) is 12.7. The van der Waals surface area contributed by atoms with E-state index >= 15 is 0 Å². The van der Waals surface area contributed by atoms with Gasteiger partial charge >= 0.3 is 0 Å². The maximum atomic E-state index is 6.04. The second-order valence-corrected chi connectivity index (χ2v) is 5.04. The lowest BCUT2D eigenvalue weighted by Crippen LogP contribution is -1.93. The molecule has 0 unspecified atom stereocenters. The zero-order chi connectivity index (χ0) is 12.3. The van der Waals surface area contributed by atoms with Gasteiger partial charge in [0.1, 0.15) is 0 Å². The molecule has 2 aromatic heterocycles. The Labute approximate surface area is 110 Å². The van der Waals surface area contributed by atoms with Crippen LogP contribution >= 0.6 is 23.4 Å². The second-order valence-electron chi connectivity index (χ2n) is 3.69. The van der Waals surface area contributed by atoms with Gasteiger partial charge in [-0.1, -0.05) is 23.4 Å². The van der Waals surface area contributed by atoms with Crippen LogP contribution in [0.3, 0.4) is 0 Å². The van der Waals surface area contributed by atoms with Crippen molar-refractivity contribution in [1.29, 1.82) is 0 Å². The predicted octanol–water partition coefficient (Wildman–Crippen LogP) is 3.43. The van der Waals surface area contributed by atoms with E-state index < -0.39 is 0 Å². The first-order valence-electron chi connectivity index (χ1n) is 5.18. The highest BCUT2D eigenvalue weighted by atomic mass is 35.5. The molecule has 88 valence electrons. The molecule has 0 spiro atoms. The van der Waals surface area contributed by atoms with Gasteiger partial charge in [-0.05, 0) is 31.5 Å². The molecule has 0 aromatic carbocycles. The van der Waals surface area contributed by atoms with Crippen LogP contribution in [0.1, 0.15) is 17.0 Å². The molecule has 2 aromatic rings. The predicted molar refractivity (Wildman–Crippen MR) is 70.3 cm³/mol. The van der Waals surface area contributed by atoms with Crippen LogP contribution in [-0.4, -0.2) is 15.0 Å². The van der Waals surface area contributed by atoms with Crippen LogP contribution in [0.2, 0.25) is 5.02 Å². The Kier molecular flexibility index (Phi) is 3.97. The van der Waals surface area contributed by atoms with Crippen molar-refractivity contribution in [3.8, 4) is 0 Å². The smallest absolute Gasteiger partial charge is 0.188 e. The van der Waals surface area contributed by atoms with Crippen molar-refractivity contribution in [3.05, 3.63) is 46.5 Å². The van der Waals surface area contributed by atoms with Gasteiger partial charge in [-0.3, -0.25) is 4.98 Å². The third kappa shape index (κ3) is 3.41. The summed E-state index contributed by atoms with van der Waals surface area (Å²) in [5, 5.41) is 1.47. The summed E-state index contributed by atoms with van der Waals surface area (Å²) in [6.07, 6.45) is 3.39. The highest BCUT2D eigenvalue weighted by molar-refractivity contribution is 7.98. The van der Waals surface area contributed by atoms with Gasteiger partial charge < -0.3 is 0 Å². The number of thioether (sulfide) groups is 1. The van der Waals surface area contributed by atoms with Gasteiger partial charge in [0.05, 0.1) is 5.02 Å². The number of pyridine rings is 1. The fourth-order valence-electron chi connectivity index (χ4n) is 1.42. The monoisotopic (exact) mass is 265 g/mol. The van der Waals surface area contributed by atoms with Gasteiger partial charge in [0, 0.05) is 29.5 Å². The van der Waals surface area contributed by atoms with Gasteiger partial charge in [-0.25, -0.2) is 9.97 Å². The molecule has 0 bridgehead atoms. The number of nitrogens with zero attached hydrogens (tertiary/aromatic N) is 3. The van der Waals surface area contributed by atoms with Gasteiger partial charge in [-0.15, -0.1) is 0 Å². The van der Waals surface area contributed by atoms with Crippen LogP contribution in [0.5, 0.6) is 0 Å². The topological polar surface area (TPSA) is 38.7 Å². The van der Waals surface area contributed by atoms with Crippen molar-refractivity contribution in [2.75, 3.05) is 0 Å². The minimum Gasteiger partial charge on any atom is -0.263 e. The fourth-order valence-corrected chi connectivity index (χ4v) is 2.64. The summed E-state index contributed by atoms with van der Waals surface area (Å²) in [5.74, 6) is 0.754. The minimum absolute atomic E-state index is 0.685. The molecular weight excluding hydrogens is 254 g/mol. The fraction of sp³-hybridized carbons (Fsp3) is 0.250. The van der Waals surface area contributed by atoms with Crippen molar-refractivity contribution >= 4 is 23.4 Å². The summed E-state index contributed by atoms with van der Waals surface area (Å²) in [6.45, 7) is 3.94. The third-order valence-electron chi connectivity index (χ3n) is 2.17. The van der Waals surface area contributed by atoms with Crippen molar-refractivity contribution in [3.63, 3.8) is 0 Å². The van der Waals surface area contributed by atoms with Gasteiger partial charge in [-0.2, -0.15) is 0 Å². The number of hydrogen-bond acceptors (Lipinski definition) is 4. The lowest BCUT2D eigenvalue weighted by atomic mass is 10.3. The van der Waals surface area contributed by atoms with Crippen LogP contribution < -0.4 is 0 Å². The first-order chi connectivity index (χ1) is 8.15. The SMILES string of the molecule is Cc1cc(C)nc(SCc2ccncc2Cl)n1. The van der Waals surface area contributed by atoms with E-state index in [1.165, 1.54) is 0 Å². The van der Waals surface area contributed by atoms with E-state index in [-0.39, 0.29) is 0 Å². The highest BCUT2D eigenvalue weighted by Gasteiger charge is 2.04. The van der Waals surface area contributed by atoms with Crippen LogP contribution in [0.4, 0.5) is 0 Å². The van der Waals surface area contributed by atoms with Crippen LogP contribution in [0, 0.1) is 13.8 Å². The van der Waals surface area contributed by atoms with Crippen molar-refractivity contribution in [1.82, 2.24) is 15.0 Å². The Bertz CT molecular complexity index is 511. The molecule has 3 nitrogen and oxygen atoms in total. The van der Waals surface area contributed by atoms with Gasteiger partial charge in [0.2, 0.25) is 0 Å². The molecule has 0 aliphatic rings. The highest BCUT2D eigenvalue weighted by Crippen LogP contribution is 2.23. The first kappa shape index (κ1) is 12.3. The summed E-state index contributed by atoms with van der Waals surface area (Å²) >= 11 is 7.62. The average Bonchev–Trinajstić information content (AvgIpc) is 2.27. The first-order valence-corrected chi connectivity index (χ1v) is 6.55. The molecule has 0 aliphatic carbocycles. The largest absolute Gasteiger partial charge is 0.263 e. The van der Waals surface area contributed by atoms with Crippen LogP contribution in [-0.2, 0) is 5.75 Å². The molecule has 0 saturated heterocycles. The Morgan fingerprint density at radius 1 is 1.24 bits per heavy atom. The number of aryl methyl sites for hydroxylation is 2. The number of hydrogen-bond donors (Lipinski definition) is 0. The molecule has 5 heteroatoms. The number of rotatable bonds is 3. The minimum atomic E-state index is 0.685. The van der Waals surface area contributed by atoms with Crippen LogP contribution in [0.25, 0.3) is 0 Å². The molecule has 0 saturated carbocycles. The molecule has 0 radical (unpaired) electrons. The van der Waals surface area contributed by atoms with Gasteiger partial charge in [0.25, 0.3) is 0 Å². The zero-order valence-corrected chi connectivity index (χ0v) is 11.2. The summed E-state index contributed by atoms with van der Waals surface area (Å²) in [5.41, 5.74) is 3.02. The summed E-state index contributed by atoms with van der Waals surface area (Å²) in [7, 11) is 0. The second kappa shape index (κ2) is 5.47. The lowest BCUT2D eigenvalue weighted by Gasteiger charge is -2.04.